The first-order valence-electron chi connectivity index (χ1n) is 16.9. The monoisotopic (exact) mass is 653 g/mol. The Labute approximate surface area is 282 Å². The van der Waals surface area contributed by atoms with Gasteiger partial charge in [-0.15, -0.1) is 10.2 Å². The van der Waals surface area contributed by atoms with E-state index in [9.17, 15) is 9.59 Å². The summed E-state index contributed by atoms with van der Waals surface area (Å²) < 4.78 is 8.54. The quantitative estimate of drug-likeness (QED) is 0.220. The van der Waals surface area contributed by atoms with Crippen molar-refractivity contribution in [2.45, 2.75) is 90.2 Å². The second kappa shape index (κ2) is 13.5. The molecule has 0 radical (unpaired) electrons. The van der Waals surface area contributed by atoms with Gasteiger partial charge in [0.1, 0.15) is 23.5 Å². The topological polar surface area (TPSA) is 139 Å². The van der Waals surface area contributed by atoms with Crippen molar-refractivity contribution in [1.82, 2.24) is 40.1 Å². The average molecular weight is 654 g/mol. The van der Waals surface area contributed by atoms with Gasteiger partial charge >= 0.3 is 6.03 Å². The van der Waals surface area contributed by atoms with Crippen LogP contribution in [0.4, 0.5) is 10.6 Å². The molecule has 0 unspecified atom stereocenters. The predicted octanol–water partition coefficient (Wildman–Crippen LogP) is 5.72. The van der Waals surface area contributed by atoms with Crippen molar-refractivity contribution < 1.29 is 14.3 Å². The maximum atomic E-state index is 13.4. The summed E-state index contributed by atoms with van der Waals surface area (Å²) >= 11 is 0. The molecule has 1 aliphatic heterocycles. The number of anilines is 1. The highest BCUT2D eigenvalue weighted by Gasteiger charge is 2.30. The molecule has 6 rings (SSSR count). The summed E-state index contributed by atoms with van der Waals surface area (Å²) in [4.78, 5) is 37.8. The molecule has 48 heavy (non-hydrogen) atoms. The third-order valence-electron chi connectivity index (χ3n) is 8.92. The van der Waals surface area contributed by atoms with Crippen LogP contribution in [0.2, 0.25) is 0 Å². The SMILES string of the molecule is CC(C)(C)c1cc(NC(=O)N[C@H]2CC[C@@H](Oc3ccc4nnc(C(C)(C)C)n4c3)c3ccccc32)nc(C(=O)NCCN2CCCC2)n1. The van der Waals surface area contributed by atoms with Crippen molar-refractivity contribution in [3.05, 3.63) is 77.1 Å². The van der Waals surface area contributed by atoms with Crippen molar-refractivity contribution in [2.75, 3.05) is 31.5 Å². The Morgan fingerprint density at radius 1 is 0.917 bits per heavy atom. The first kappa shape index (κ1) is 33.3. The molecular formula is C36H47N9O3. The fraction of sp³-hybridized carbons (Fsp3) is 0.500. The van der Waals surface area contributed by atoms with Gasteiger partial charge < -0.3 is 20.3 Å². The standard InChI is InChI=1S/C36H47N9O3/c1-35(2,3)28-21-29(40-31(39-28)32(46)37-17-20-44-18-9-10-19-44)41-34(47)38-26-14-15-27(25-12-8-7-11-24(25)26)48-23-13-16-30-42-43-33(36(4,5)6)45(30)22-23/h7-8,11-13,16,21-22,26-27H,9-10,14-15,17-20H2,1-6H3,(H,37,46)(H2,38,39,40,41,47)/t26-,27+/m0/s1. The number of rotatable bonds is 8. The number of carbonyl (C=O) groups excluding carboxylic acids is 2. The smallest absolute Gasteiger partial charge is 0.320 e. The van der Waals surface area contributed by atoms with E-state index in [-0.39, 0.29) is 40.5 Å². The number of amides is 3. The number of hydrogen-bond acceptors (Lipinski definition) is 8. The van der Waals surface area contributed by atoms with Gasteiger partial charge in [0.15, 0.2) is 5.65 Å². The second-order valence-corrected chi connectivity index (χ2v) is 14.8. The summed E-state index contributed by atoms with van der Waals surface area (Å²) in [5.41, 5.74) is 2.94. The highest BCUT2D eigenvalue weighted by atomic mass is 16.5. The molecule has 0 spiro atoms. The van der Waals surface area contributed by atoms with Crippen LogP contribution in [0.1, 0.15) is 113 Å². The zero-order valence-electron chi connectivity index (χ0n) is 28.8. The van der Waals surface area contributed by atoms with Crippen LogP contribution < -0.4 is 20.7 Å². The summed E-state index contributed by atoms with van der Waals surface area (Å²) in [5.74, 6) is 1.56. The molecule has 1 aromatic carbocycles. The lowest BCUT2D eigenvalue weighted by Gasteiger charge is -2.32. The third kappa shape index (κ3) is 7.59. The van der Waals surface area contributed by atoms with Gasteiger partial charge in [0.05, 0.1) is 17.9 Å². The Morgan fingerprint density at radius 2 is 1.67 bits per heavy atom. The lowest BCUT2D eigenvalue weighted by atomic mass is 9.85. The molecule has 1 aliphatic carbocycles. The van der Waals surface area contributed by atoms with Crippen LogP contribution in [0.3, 0.4) is 0 Å². The normalized spacial score (nSPS) is 18.4. The number of carbonyl (C=O) groups is 2. The minimum atomic E-state index is -0.402. The van der Waals surface area contributed by atoms with Gasteiger partial charge in [-0.05, 0) is 62.0 Å². The number of urea groups is 1. The van der Waals surface area contributed by atoms with Gasteiger partial charge in [0, 0.05) is 30.0 Å². The van der Waals surface area contributed by atoms with Crippen LogP contribution in [0.15, 0.2) is 48.7 Å². The molecule has 4 aromatic rings. The molecule has 2 atom stereocenters. The van der Waals surface area contributed by atoms with Crippen LogP contribution in [0.5, 0.6) is 5.75 Å². The number of nitrogens with zero attached hydrogens (tertiary/aromatic N) is 6. The van der Waals surface area contributed by atoms with Gasteiger partial charge in [-0.25, -0.2) is 14.8 Å². The van der Waals surface area contributed by atoms with Crippen LogP contribution in [0, 0.1) is 0 Å². The number of likely N-dealkylation sites (tertiary alicyclic amines) is 1. The third-order valence-corrected chi connectivity index (χ3v) is 8.92. The molecule has 3 amide bonds. The van der Waals surface area contributed by atoms with E-state index in [0.29, 0.717) is 25.1 Å². The lowest BCUT2D eigenvalue weighted by molar-refractivity contribution is 0.0939. The van der Waals surface area contributed by atoms with Gasteiger partial charge in [0.25, 0.3) is 5.91 Å². The maximum Gasteiger partial charge on any atom is 0.320 e. The summed E-state index contributed by atoms with van der Waals surface area (Å²) in [5, 5.41) is 17.7. The minimum absolute atomic E-state index is 0.0430. The van der Waals surface area contributed by atoms with Crippen molar-refractivity contribution in [2.24, 2.45) is 0 Å². The van der Waals surface area contributed by atoms with Gasteiger partial charge in [-0.3, -0.25) is 14.5 Å². The molecular weight excluding hydrogens is 606 g/mol. The molecule has 0 bridgehead atoms. The Kier molecular flexibility index (Phi) is 9.37. The van der Waals surface area contributed by atoms with Crippen LogP contribution >= 0.6 is 0 Å². The van der Waals surface area contributed by atoms with Crippen LogP contribution in [-0.2, 0) is 10.8 Å². The first-order chi connectivity index (χ1) is 22.8. The molecule has 2 aliphatic rings. The Balaban J connectivity index is 1.14. The summed E-state index contributed by atoms with van der Waals surface area (Å²) in [7, 11) is 0. The largest absolute Gasteiger partial charge is 0.484 e. The average Bonchev–Trinajstić information content (AvgIpc) is 3.72. The number of benzene rings is 1. The van der Waals surface area contributed by atoms with Crippen molar-refractivity contribution in [1.29, 1.82) is 0 Å². The number of nitrogens with one attached hydrogen (secondary N) is 3. The summed E-state index contributed by atoms with van der Waals surface area (Å²) in [6.07, 6.45) is 5.55. The zero-order chi connectivity index (χ0) is 34.1. The van der Waals surface area contributed by atoms with Crippen molar-refractivity contribution in [3.8, 4) is 5.75 Å². The first-order valence-corrected chi connectivity index (χ1v) is 16.9. The summed E-state index contributed by atoms with van der Waals surface area (Å²) in [6, 6.07) is 13.0. The Hall–Kier alpha value is -4.58. The van der Waals surface area contributed by atoms with E-state index in [1.165, 1.54) is 12.8 Å². The van der Waals surface area contributed by atoms with Crippen molar-refractivity contribution in [3.63, 3.8) is 0 Å². The van der Waals surface area contributed by atoms with E-state index in [4.69, 9.17) is 4.74 Å². The fourth-order valence-corrected chi connectivity index (χ4v) is 6.36. The molecule has 254 valence electrons. The maximum absolute atomic E-state index is 13.4. The predicted molar refractivity (Wildman–Crippen MR) is 184 cm³/mol. The van der Waals surface area contributed by atoms with E-state index in [1.807, 2.05) is 61.7 Å². The number of aromatic nitrogens is 5. The molecule has 3 aromatic heterocycles. The van der Waals surface area contributed by atoms with E-state index in [2.05, 4.69) is 67.9 Å². The minimum Gasteiger partial charge on any atom is -0.484 e. The van der Waals surface area contributed by atoms with E-state index < -0.39 is 6.03 Å². The highest BCUT2D eigenvalue weighted by Crippen LogP contribution is 2.39. The summed E-state index contributed by atoms with van der Waals surface area (Å²) in [6.45, 7) is 15.8. The molecule has 1 saturated heterocycles. The van der Waals surface area contributed by atoms with Crippen LogP contribution in [0.25, 0.3) is 5.65 Å². The highest BCUT2D eigenvalue weighted by molar-refractivity contribution is 5.92. The van der Waals surface area contributed by atoms with Gasteiger partial charge in [-0.1, -0.05) is 65.8 Å². The Bertz CT molecular complexity index is 1780. The molecule has 12 heteroatoms. The molecule has 4 heterocycles. The fourth-order valence-electron chi connectivity index (χ4n) is 6.36. The molecule has 12 nitrogen and oxygen atoms in total. The van der Waals surface area contributed by atoms with Gasteiger partial charge in [0.2, 0.25) is 5.82 Å². The van der Waals surface area contributed by atoms with E-state index in [1.54, 1.807) is 6.07 Å². The van der Waals surface area contributed by atoms with E-state index >= 15 is 0 Å². The zero-order valence-corrected chi connectivity index (χ0v) is 28.8. The molecule has 0 saturated carbocycles. The number of hydrogen-bond donors (Lipinski definition) is 3. The number of fused-ring (bicyclic) bond motifs is 2. The van der Waals surface area contributed by atoms with E-state index in [0.717, 1.165) is 48.0 Å². The van der Waals surface area contributed by atoms with Gasteiger partial charge in [-0.2, -0.15) is 0 Å². The number of pyridine rings is 1. The van der Waals surface area contributed by atoms with Crippen molar-refractivity contribution >= 4 is 23.4 Å². The second-order valence-electron chi connectivity index (χ2n) is 14.8. The molecule has 3 N–H and O–H groups in total. The van der Waals surface area contributed by atoms with Crippen LogP contribution in [-0.4, -0.2) is 67.6 Å². The number of ether oxygens (including phenoxy) is 1. The molecule has 1 fully saturated rings. The lowest BCUT2D eigenvalue weighted by Crippen LogP contribution is -2.36. The Morgan fingerprint density at radius 3 is 2.40 bits per heavy atom.